The number of aromatic nitrogens is 2. The standard InChI is InChI=1S/C13H25N3O/c1-5-6-11(14-4)9-13-15-12(16-17-13)8-7-10(2)3/h10-11,14H,5-9H2,1-4H3. The van der Waals surface area contributed by atoms with E-state index < -0.39 is 0 Å². The first-order chi connectivity index (χ1) is 8.15. The average Bonchev–Trinajstić information content (AvgIpc) is 2.73. The van der Waals surface area contributed by atoms with Crippen molar-refractivity contribution in [2.75, 3.05) is 7.05 Å². The molecule has 98 valence electrons. The highest BCUT2D eigenvalue weighted by Gasteiger charge is 2.12. The molecule has 0 fully saturated rings. The van der Waals surface area contributed by atoms with E-state index in [1.165, 1.54) is 6.42 Å². The summed E-state index contributed by atoms with van der Waals surface area (Å²) < 4.78 is 5.27. The lowest BCUT2D eigenvalue weighted by molar-refractivity contribution is 0.351. The van der Waals surface area contributed by atoms with Crippen molar-refractivity contribution in [3.05, 3.63) is 11.7 Å². The minimum absolute atomic E-state index is 0.443. The van der Waals surface area contributed by atoms with E-state index in [0.29, 0.717) is 12.0 Å². The number of rotatable bonds is 8. The van der Waals surface area contributed by atoms with Crippen molar-refractivity contribution in [1.82, 2.24) is 15.5 Å². The first kappa shape index (κ1) is 14.2. The Morgan fingerprint density at radius 3 is 2.65 bits per heavy atom. The first-order valence-corrected chi connectivity index (χ1v) is 6.64. The van der Waals surface area contributed by atoms with Crippen LogP contribution in [0.1, 0.15) is 51.7 Å². The molecule has 0 radical (unpaired) electrons. The third-order valence-corrected chi connectivity index (χ3v) is 2.92. The lowest BCUT2D eigenvalue weighted by Crippen LogP contribution is -2.27. The van der Waals surface area contributed by atoms with Gasteiger partial charge in [-0.15, -0.1) is 0 Å². The molecule has 1 aromatic heterocycles. The predicted octanol–water partition coefficient (Wildman–Crippen LogP) is 2.59. The van der Waals surface area contributed by atoms with Crippen molar-refractivity contribution in [3.63, 3.8) is 0 Å². The molecule has 1 atom stereocenters. The molecule has 0 aromatic carbocycles. The normalized spacial score (nSPS) is 13.2. The quantitative estimate of drug-likeness (QED) is 0.757. The molecule has 4 nitrogen and oxygen atoms in total. The van der Waals surface area contributed by atoms with Crippen LogP contribution in [0.15, 0.2) is 4.52 Å². The molecular weight excluding hydrogens is 214 g/mol. The van der Waals surface area contributed by atoms with Crippen LogP contribution in [0, 0.1) is 5.92 Å². The summed E-state index contributed by atoms with van der Waals surface area (Å²) >= 11 is 0. The van der Waals surface area contributed by atoms with E-state index in [9.17, 15) is 0 Å². The molecule has 4 heteroatoms. The number of hydrogen-bond donors (Lipinski definition) is 1. The van der Waals surface area contributed by atoms with Crippen molar-refractivity contribution in [2.45, 2.75) is 58.9 Å². The van der Waals surface area contributed by atoms with E-state index in [0.717, 1.165) is 37.4 Å². The Morgan fingerprint density at radius 2 is 2.06 bits per heavy atom. The third-order valence-electron chi connectivity index (χ3n) is 2.92. The van der Waals surface area contributed by atoms with Crippen LogP contribution >= 0.6 is 0 Å². The Balaban J connectivity index is 2.44. The van der Waals surface area contributed by atoms with Crippen molar-refractivity contribution < 1.29 is 4.52 Å². The Hall–Kier alpha value is -0.900. The summed E-state index contributed by atoms with van der Waals surface area (Å²) in [5.41, 5.74) is 0. The summed E-state index contributed by atoms with van der Waals surface area (Å²) in [6.07, 6.45) is 5.17. The van der Waals surface area contributed by atoms with Crippen LogP contribution < -0.4 is 5.32 Å². The van der Waals surface area contributed by atoms with Crippen LogP contribution in [0.25, 0.3) is 0 Å². The Labute approximate surface area is 104 Å². The van der Waals surface area contributed by atoms with E-state index in [1.54, 1.807) is 0 Å². The molecule has 0 saturated heterocycles. The number of aryl methyl sites for hydroxylation is 1. The zero-order valence-electron chi connectivity index (χ0n) is 11.5. The van der Waals surface area contributed by atoms with Crippen molar-refractivity contribution >= 4 is 0 Å². The van der Waals surface area contributed by atoms with E-state index >= 15 is 0 Å². The molecule has 1 rings (SSSR count). The van der Waals surface area contributed by atoms with Gasteiger partial charge in [0.15, 0.2) is 5.82 Å². The van der Waals surface area contributed by atoms with E-state index in [-0.39, 0.29) is 0 Å². The van der Waals surface area contributed by atoms with Gasteiger partial charge in [-0.05, 0) is 25.8 Å². The SMILES string of the molecule is CCCC(Cc1nc(CCC(C)C)no1)NC. The van der Waals surface area contributed by atoms with Crippen molar-refractivity contribution in [1.29, 1.82) is 0 Å². The van der Waals surface area contributed by atoms with Crippen LogP contribution in [0.3, 0.4) is 0 Å². The fourth-order valence-electron chi connectivity index (χ4n) is 1.80. The maximum absolute atomic E-state index is 5.27. The summed E-state index contributed by atoms with van der Waals surface area (Å²) in [7, 11) is 1.98. The summed E-state index contributed by atoms with van der Waals surface area (Å²) in [6.45, 7) is 6.60. The molecule has 0 amide bonds. The second kappa shape index (κ2) is 7.43. The highest BCUT2D eigenvalue weighted by Crippen LogP contribution is 2.09. The van der Waals surface area contributed by atoms with Gasteiger partial charge >= 0.3 is 0 Å². The lowest BCUT2D eigenvalue weighted by Gasteiger charge is -2.11. The molecular formula is C13H25N3O. The molecule has 0 aliphatic heterocycles. The molecule has 0 saturated carbocycles. The summed E-state index contributed by atoms with van der Waals surface area (Å²) in [5.74, 6) is 2.29. The maximum Gasteiger partial charge on any atom is 0.228 e. The molecule has 1 unspecified atom stereocenters. The van der Waals surface area contributed by atoms with Crippen LogP contribution in [0.5, 0.6) is 0 Å². The van der Waals surface area contributed by atoms with Crippen molar-refractivity contribution in [2.24, 2.45) is 5.92 Å². The van der Waals surface area contributed by atoms with Gasteiger partial charge in [-0.1, -0.05) is 32.3 Å². The minimum Gasteiger partial charge on any atom is -0.339 e. The molecule has 17 heavy (non-hydrogen) atoms. The Kier molecular flexibility index (Phi) is 6.19. The molecule has 0 spiro atoms. The van der Waals surface area contributed by atoms with Gasteiger partial charge in [0.2, 0.25) is 5.89 Å². The number of hydrogen-bond acceptors (Lipinski definition) is 4. The maximum atomic E-state index is 5.27. The molecule has 1 N–H and O–H groups in total. The topological polar surface area (TPSA) is 51.0 Å². The second-order valence-corrected chi connectivity index (χ2v) is 5.02. The van der Waals surface area contributed by atoms with Gasteiger partial charge < -0.3 is 9.84 Å². The summed E-state index contributed by atoms with van der Waals surface area (Å²) in [5, 5.41) is 7.30. The van der Waals surface area contributed by atoms with Gasteiger partial charge in [0.05, 0.1) is 0 Å². The summed E-state index contributed by atoms with van der Waals surface area (Å²) in [6, 6.07) is 0.443. The fourth-order valence-corrected chi connectivity index (χ4v) is 1.80. The van der Waals surface area contributed by atoms with Gasteiger partial charge in [0, 0.05) is 18.9 Å². The number of nitrogens with one attached hydrogen (secondary N) is 1. The van der Waals surface area contributed by atoms with Gasteiger partial charge in [-0.25, -0.2) is 0 Å². The van der Waals surface area contributed by atoms with Crippen LogP contribution in [0.4, 0.5) is 0 Å². The molecule has 1 heterocycles. The highest BCUT2D eigenvalue weighted by atomic mass is 16.5. The van der Waals surface area contributed by atoms with Gasteiger partial charge in [0.25, 0.3) is 0 Å². The molecule has 0 bridgehead atoms. The highest BCUT2D eigenvalue weighted by molar-refractivity contribution is 4.89. The zero-order chi connectivity index (χ0) is 12.7. The number of nitrogens with zero attached hydrogens (tertiary/aromatic N) is 2. The Morgan fingerprint density at radius 1 is 1.29 bits per heavy atom. The van der Waals surface area contributed by atoms with Gasteiger partial charge in [-0.3, -0.25) is 0 Å². The molecule has 0 aliphatic carbocycles. The third kappa shape index (κ3) is 5.31. The second-order valence-electron chi connectivity index (χ2n) is 5.02. The predicted molar refractivity (Wildman–Crippen MR) is 68.9 cm³/mol. The van der Waals surface area contributed by atoms with Crippen LogP contribution in [-0.4, -0.2) is 23.2 Å². The van der Waals surface area contributed by atoms with Gasteiger partial charge in [0.1, 0.15) is 0 Å². The van der Waals surface area contributed by atoms with E-state index in [2.05, 4.69) is 36.2 Å². The average molecular weight is 239 g/mol. The van der Waals surface area contributed by atoms with Crippen molar-refractivity contribution in [3.8, 4) is 0 Å². The smallest absolute Gasteiger partial charge is 0.228 e. The Bertz CT molecular complexity index is 309. The summed E-state index contributed by atoms with van der Waals surface area (Å²) in [4.78, 5) is 4.43. The minimum atomic E-state index is 0.443. The lowest BCUT2D eigenvalue weighted by atomic mass is 10.1. The van der Waals surface area contributed by atoms with E-state index in [1.807, 2.05) is 7.05 Å². The first-order valence-electron chi connectivity index (χ1n) is 6.64. The van der Waals surface area contributed by atoms with Crippen LogP contribution in [0.2, 0.25) is 0 Å². The fraction of sp³-hybridized carbons (Fsp3) is 0.846. The van der Waals surface area contributed by atoms with Gasteiger partial charge in [-0.2, -0.15) is 4.98 Å². The largest absolute Gasteiger partial charge is 0.339 e. The zero-order valence-corrected chi connectivity index (χ0v) is 11.5. The number of likely N-dealkylation sites (N-methyl/N-ethyl adjacent to an activating group) is 1. The monoisotopic (exact) mass is 239 g/mol. The molecule has 1 aromatic rings. The van der Waals surface area contributed by atoms with E-state index in [4.69, 9.17) is 4.52 Å². The van der Waals surface area contributed by atoms with Crippen LogP contribution in [-0.2, 0) is 12.8 Å². The molecule has 0 aliphatic rings.